The van der Waals surface area contributed by atoms with Crippen LogP contribution in [-0.2, 0) is 18.5 Å². The van der Waals surface area contributed by atoms with Crippen molar-refractivity contribution in [1.29, 1.82) is 0 Å². The van der Waals surface area contributed by atoms with Crippen molar-refractivity contribution in [3.63, 3.8) is 0 Å². The summed E-state index contributed by atoms with van der Waals surface area (Å²) in [6.07, 6.45) is 6.36. The smallest absolute Gasteiger partial charge is 0.0948 e. The molecule has 0 fully saturated rings. The van der Waals surface area contributed by atoms with E-state index in [0.29, 0.717) is 0 Å². The molecule has 0 aliphatic heterocycles. The molecule has 2 rings (SSSR count). The van der Waals surface area contributed by atoms with Crippen LogP contribution in [0.1, 0.15) is 25.2 Å². The number of nitrogens with zero attached hydrogens (tertiary/aromatic N) is 3. The molecule has 0 bridgehead atoms. The topological polar surface area (TPSA) is 56.7 Å². The number of aryl methyl sites for hydroxylation is 2. The predicted molar refractivity (Wildman–Crippen MR) is 67.4 cm³/mol. The molecule has 2 heterocycles. The van der Waals surface area contributed by atoms with E-state index in [1.54, 1.807) is 0 Å². The standard InChI is InChI=1S/C13H18N4/c1-13(2,14)12-9-15-10-17(12)8-6-11-5-3-4-7-16-11/h3-5,7,9-10H,6,8,14H2,1-2H3. The van der Waals surface area contributed by atoms with E-state index in [1.165, 1.54) is 0 Å². The fourth-order valence-corrected chi connectivity index (χ4v) is 1.82. The Morgan fingerprint density at radius 3 is 2.82 bits per heavy atom. The average Bonchev–Trinajstić information content (AvgIpc) is 2.75. The van der Waals surface area contributed by atoms with Gasteiger partial charge in [0, 0.05) is 31.1 Å². The first-order chi connectivity index (χ1) is 8.07. The molecular weight excluding hydrogens is 212 g/mol. The zero-order valence-electron chi connectivity index (χ0n) is 10.3. The Morgan fingerprint density at radius 1 is 1.35 bits per heavy atom. The van der Waals surface area contributed by atoms with E-state index < -0.39 is 0 Å². The molecule has 2 aromatic rings. The van der Waals surface area contributed by atoms with Crippen LogP contribution >= 0.6 is 0 Å². The number of hydrogen-bond donors (Lipinski definition) is 1. The van der Waals surface area contributed by atoms with Crippen LogP contribution in [0.25, 0.3) is 0 Å². The first kappa shape index (κ1) is 11.8. The molecule has 0 radical (unpaired) electrons. The molecule has 0 atom stereocenters. The van der Waals surface area contributed by atoms with Crippen molar-refractivity contribution in [3.05, 3.63) is 48.3 Å². The first-order valence-corrected chi connectivity index (χ1v) is 5.77. The van der Waals surface area contributed by atoms with E-state index in [9.17, 15) is 0 Å². The highest BCUT2D eigenvalue weighted by molar-refractivity contribution is 5.10. The van der Waals surface area contributed by atoms with Gasteiger partial charge in [-0.05, 0) is 26.0 Å². The monoisotopic (exact) mass is 230 g/mol. The highest BCUT2D eigenvalue weighted by Gasteiger charge is 2.18. The Kier molecular flexibility index (Phi) is 3.24. The summed E-state index contributed by atoms with van der Waals surface area (Å²) >= 11 is 0. The van der Waals surface area contributed by atoms with Crippen LogP contribution in [0.15, 0.2) is 36.9 Å². The van der Waals surface area contributed by atoms with Crippen molar-refractivity contribution in [2.75, 3.05) is 0 Å². The third-order valence-corrected chi connectivity index (χ3v) is 2.71. The Bertz CT molecular complexity index is 468. The second-order valence-corrected chi connectivity index (χ2v) is 4.77. The molecule has 0 saturated carbocycles. The van der Waals surface area contributed by atoms with Gasteiger partial charge in [-0.1, -0.05) is 6.07 Å². The van der Waals surface area contributed by atoms with Crippen LogP contribution in [-0.4, -0.2) is 14.5 Å². The SMILES string of the molecule is CC(C)(N)c1cncn1CCc1ccccn1. The Balaban J connectivity index is 2.08. The van der Waals surface area contributed by atoms with Crippen LogP contribution in [0.5, 0.6) is 0 Å². The fourth-order valence-electron chi connectivity index (χ4n) is 1.82. The molecular formula is C13H18N4. The van der Waals surface area contributed by atoms with Crippen molar-refractivity contribution in [1.82, 2.24) is 14.5 Å². The Morgan fingerprint density at radius 2 is 2.18 bits per heavy atom. The minimum Gasteiger partial charge on any atom is -0.333 e. The molecule has 0 aromatic carbocycles. The van der Waals surface area contributed by atoms with Crippen molar-refractivity contribution < 1.29 is 0 Å². The van der Waals surface area contributed by atoms with E-state index in [1.807, 2.05) is 50.8 Å². The van der Waals surface area contributed by atoms with Crippen molar-refractivity contribution in [3.8, 4) is 0 Å². The summed E-state index contributed by atoms with van der Waals surface area (Å²) in [6, 6.07) is 5.96. The lowest BCUT2D eigenvalue weighted by Crippen LogP contribution is -2.31. The Labute approximate surface area is 102 Å². The first-order valence-electron chi connectivity index (χ1n) is 5.77. The molecule has 2 aromatic heterocycles. The van der Waals surface area contributed by atoms with E-state index in [2.05, 4.69) is 14.5 Å². The summed E-state index contributed by atoms with van der Waals surface area (Å²) in [5, 5.41) is 0. The van der Waals surface area contributed by atoms with Gasteiger partial charge in [0.2, 0.25) is 0 Å². The third kappa shape index (κ3) is 2.91. The summed E-state index contributed by atoms with van der Waals surface area (Å²) in [7, 11) is 0. The summed E-state index contributed by atoms with van der Waals surface area (Å²) in [4.78, 5) is 8.47. The lowest BCUT2D eigenvalue weighted by atomic mass is 10.0. The number of hydrogen-bond acceptors (Lipinski definition) is 3. The molecule has 0 spiro atoms. The van der Waals surface area contributed by atoms with Crippen LogP contribution in [0, 0.1) is 0 Å². The predicted octanol–water partition coefficient (Wildman–Crippen LogP) is 1.71. The maximum Gasteiger partial charge on any atom is 0.0948 e. The Hall–Kier alpha value is -1.68. The van der Waals surface area contributed by atoms with Gasteiger partial charge >= 0.3 is 0 Å². The molecule has 0 unspecified atom stereocenters. The average molecular weight is 230 g/mol. The maximum absolute atomic E-state index is 6.09. The number of aromatic nitrogens is 3. The highest BCUT2D eigenvalue weighted by atomic mass is 15.1. The van der Waals surface area contributed by atoms with Crippen molar-refractivity contribution >= 4 is 0 Å². The summed E-state index contributed by atoms with van der Waals surface area (Å²) < 4.78 is 2.09. The zero-order valence-corrected chi connectivity index (χ0v) is 10.3. The van der Waals surface area contributed by atoms with Gasteiger partial charge in [0.15, 0.2) is 0 Å². The van der Waals surface area contributed by atoms with Crippen molar-refractivity contribution in [2.45, 2.75) is 32.4 Å². The van der Waals surface area contributed by atoms with Gasteiger partial charge in [0.05, 0.1) is 17.6 Å². The molecule has 17 heavy (non-hydrogen) atoms. The van der Waals surface area contributed by atoms with Gasteiger partial charge < -0.3 is 10.3 Å². The van der Waals surface area contributed by atoms with Gasteiger partial charge in [-0.2, -0.15) is 0 Å². The largest absolute Gasteiger partial charge is 0.333 e. The highest BCUT2D eigenvalue weighted by Crippen LogP contribution is 2.16. The quantitative estimate of drug-likeness (QED) is 0.870. The summed E-state index contributed by atoms with van der Waals surface area (Å²) in [5.74, 6) is 0. The van der Waals surface area contributed by atoms with Crippen LogP contribution in [0.2, 0.25) is 0 Å². The minimum absolute atomic E-state index is 0.360. The molecule has 4 heteroatoms. The van der Waals surface area contributed by atoms with Crippen molar-refractivity contribution in [2.24, 2.45) is 5.73 Å². The lowest BCUT2D eigenvalue weighted by molar-refractivity contribution is 0.491. The second-order valence-electron chi connectivity index (χ2n) is 4.77. The summed E-state index contributed by atoms with van der Waals surface area (Å²) in [6.45, 7) is 4.83. The fraction of sp³-hybridized carbons (Fsp3) is 0.385. The van der Waals surface area contributed by atoms with E-state index >= 15 is 0 Å². The van der Waals surface area contributed by atoms with Crippen LogP contribution in [0.4, 0.5) is 0 Å². The number of rotatable bonds is 4. The zero-order chi connectivity index (χ0) is 12.3. The molecule has 90 valence electrons. The number of pyridine rings is 1. The van der Waals surface area contributed by atoms with E-state index in [-0.39, 0.29) is 5.54 Å². The normalized spacial score (nSPS) is 11.7. The molecule has 0 aliphatic rings. The van der Waals surface area contributed by atoms with E-state index in [4.69, 9.17) is 5.73 Å². The molecule has 0 saturated heterocycles. The molecule has 0 amide bonds. The molecule has 4 nitrogen and oxygen atoms in total. The molecule has 0 aliphatic carbocycles. The van der Waals surface area contributed by atoms with Gasteiger partial charge in [0.1, 0.15) is 0 Å². The van der Waals surface area contributed by atoms with E-state index in [0.717, 1.165) is 24.4 Å². The summed E-state index contributed by atoms with van der Waals surface area (Å²) in [5.41, 5.74) is 7.87. The van der Waals surface area contributed by atoms with Gasteiger partial charge in [-0.3, -0.25) is 4.98 Å². The second kappa shape index (κ2) is 4.67. The van der Waals surface area contributed by atoms with Crippen LogP contribution in [0.3, 0.4) is 0 Å². The number of nitrogens with two attached hydrogens (primary N) is 1. The van der Waals surface area contributed by atoms with Gasteiger partial charge in [-0.15, -0.1) is 0 Å². The third-order valence-electron chi connectivity index (χ3n) is 2.71. The van der Waals surface area contributed by atoms with Gasteiger partial charge in [0.25, 0.3) is 0 Å². The number of imidazole rings is 1. The lowest BCUT2D eigenvalue weighted by Gasteiger charge is -2.20. The minimum atomic E-state index is -0.360. The van der Waals surface area contributed by atoms with Gasteiger partial charge in [-0.25, -0.2) is 4.98 Å². The van der Waals surface area contributed by atoms with Crippen LogP contribution < -0.4 is 5.73 Å². The molecule has 2 N–H and O–H groups in total. The maximum atomic E-state index is 6.09.